The van der Waals surface area contributed by atoms with Crippen molar-refractivity contribution in [1.82, 2.24) is 0 Å². The second-order valence-corrected chi connectivity index (χ2v) is 3.68. The highest BCUT2D eigenvalue weighted by Gasteiger charge is 1.94. The van der Waals surface area contributed by atoms with Gasteiger partial charge in [0.15, 0.2) is 0 Å². The number of nitrogens with zero attached hydrogens (tertiary/aromatic N) is 1. The lowest BCUT2D eigenvalue weighted by molar-refractivity contribution is 0.565. The van der Waals surface area contributed by atoms with Crippen LogP contribution < -0.4 is 0 Å². The fourth-order valence-electron chi connectivity index (χ4n) is 1.55. The summed E-state index contributed by atoms with van der Waals surface area (Å²) in [7, 11) is 0. The largest absolute Gasteiger partial charge is 0.240 e. The summed E-state index contributed by atoms with van der Waals surface area (Å²) in [6.07, 6.45) is 7.77. The molecule has 0 spiro atoms. The summed E-state index contributed by atoms with van der Waals surface area (Å²) in [5, 5.41) is 0. The number of carbonyl (C=O) groups excluding carboxylic acids is 1. The first-order valence-corrected chi connectivity index (χ1v) is 5.53. The maximum atomic E-state index is 10.0. The van der Waals surface area contributed by atoms with Crippen LogP contribution in [0.1, 0.15) is 38.2 Å². The van der Waals surface area contributed by atoms with Crippen molar-refractivity contribution in [2.24, 2.45) is 4.99 Å². The summed E-state index contributed by atoms with van der Waals surface area (Å²) in [5.41, 5.74) is 2.00. The third-order valence-corrected chi connectivity index (χ3v) is 2.43. The zero-order valence-corrected chi connectivity index (χ0v) is 9.20. The van der Waals surface area contributed by atoms with E-state index in [0.717, 1.165) is 6.42 Å². The average Bonchev–Trinajstić information content (AvgIpc) is 2.27. The SMILES string of the molecule is CCCCCCc1ccc(N=C=O)cc1. The summed E-state index contributed by atoms with van der Waals surface area (Å²) >= 11 is 0. The van der Waals surface area contributed by atoms with Gasteiger partial charge in [-0.05, 0) is 30.5 Å². The fourth-order valence-corrected chi connectivity index (χ4v) is 1.55. The van der Waals surface area contributed by atoms with Gasteiger partial charge in [0.1, 0.15) is 0 Å². The second-order valence-electron chi connectivity index (χ2n) is 3.68. The van der Waals surface area contributed by atoms with Crippen molar-refractivity contribution in [2.45, 2.75) is 39.0 Å². The summed E-state index contributed by atoms with van der Waals surface area (Å²) in [6.45, 7) is 2.21. The number of aryl methyl sites for hydroxylation is 1. The molecule has 0 heterocycles. The molecule has 0 fully saturated rings. The van der Waals surface area contributed by atoms with E-state index in [4.69, 9.17) is 0 Å². The lowest BCUT2D eigenvalue weighted by Gasteiger charge is -2.00. The van der Waals surface area contributed by atoms with Crippen LogP contribution in [-0.2, 0) is 11.2 Å². The van der Waals surface area contributed by atoms with E-state index in [1.165, 1.54) is 37.3 Å². The summed E-state index contributed by atoms with van der Waals surface area (Å²) in [5.74, 6) is 0. The van der Waals surface area contributed by atoms with Crippen LogP contribution in [0.2, 0.25) is 0 Å². The lowest BCUT2D eigenvalue weighted by atomic mass is 10.1. The third kappa shape index (κ3) is 4.57. The van der Waals surface area contributed by atoms with Crippen LogP contribution in [0.3, 0.4) is 0 Å². The van der Waals surface area contributed by atoms with Crippen LogP contribution in [0.15, 0.2) is 29.3 Å². The summed E-state index contributed by atoms with van der Waals surface area (Å²) in [6, 6.07) is 7.78. The van der Waals surface area contributed by atoms with Crippen LogP contribution in [0.25, 0.3) is 0 Å². The molecule has 0 amide bonds. The zero-order chi connectivity index (χ0) is 10.9. The molecule has 1 aromatic rings. The molecule has 15 heavy (non-hydrogen) atoms. The topological polar surface area (TPSA) is 29.4 Å². The molecule has 0 aromatic heterocycles. The van der Waals surface area contributed by atoms with E-state index < -0.39 is 0 Å². The Bertz CT molecular complexity index is 323. The Kier molecular flexibility index (Phi) is 5.42. The molecule has 0 radical (unpaired) electrons. The maximum absolute atomic E-state index is 10.0. The molecule has 0 aliphatic rings. The van der Waals surface area contributed by atoms with Crippen molar-refractivity contribution in [3.05, 3.63) is 29.8 Å². The molecule has 0 aliphatic heterocycles. The first kappa shape index (κ1) is 11.7. The molecule has 0 saturated heterocycles. The van der Waals surface area contributed by atoms with Gasteiger partial charge in [-0.1, -0.05) is 38.3 Å². The molecular formula is C13H17NO. The minimum Gasteiger partial charge on any atom is -0.211 e. The minimum atomic E-state index is 0.683. The first-order chi connectivity index (χ1) is 7.36. The Morgan fingerprint density at radius 1 is 1.13 bits per heavy atom. The van der Waals surface area contributed by atoms with Gasteiger partial charge in [0.25, 0.3) is 0 Å². The molecule has 0 atom stereocenters. The van der Waals surface area contributed by atoms with E-state index in [-0.39, 0.29) is 0 Å². The molecule has 0 aliphatic carbocycles. The molecule has 0 N–H and O–H groups in total. The quantitative estimate of drug-likeness (QED) is 0.393. The molecule has 0 unspecified atom stereocenters. The first-order valence-electron chi connectivity index (χ1n) is 5.53. The molecule has 2 nitrogen and oxygen atoms in total. The highest BCUT2D eigenvalue weighted by Crippen LogP contribution is 2.14. The van der Waals surface area contributed by atoms with Crippen LogP contribution in [0.5, 0.6) is 0 Å². The van der Waals surface area contributed by atoms with Gasteiger partial charge in [-0.25, -0.2) is 4.79 Å². The molecule has 80 valence electrons. The van der Waals surface area contributed by atoms with Crippen LogP contribution in [0.4, 0.5) is 5.69 Å². The van der Waals surface area contributed by atoms with Gasteiger partial charge >= 0.3 is 0 Å². The van der Waals surface area contributed by atoms with Gasteiger partial charge < -0.3 is 0 Å². The van der Waals surface area contributed by atoms with Crippen molar-refractivity contribution in [3.63, 3.8) is 0 Å². The monoisotopic (exact) mass is 203 g/mol. The molecular weight excluding hydrogens is 186 g/mol. The van der Waals surface area contributed by atoms with Gasteiger partial charge in [0.05, 0.1) is 5.69 Å². The number of hydrogen-bond acceptors (Lipinski definition) is 2. The molecule has 0 bridgehead atoms. The Morgan fingerprint density at radius 3 is 2.47 bits per heavy atom. The maximum Gasteiger partial charge on any atom is 0.240 e. The van der Waals surface area contributed by atoms with Gasteiger partial charge in [-0.3, -0.25) is 0 Å². The molecule has 1 rings (SSSR count). The van der Waals surface area contributed by atoms with Crippen molar-refractivity contribution in [1.29, 1.82) is 0 Å². The molecule has 1 aromatic carbocycles. The Balaban J connectivity index is 2.39. The number of hydrogen-bond donors (Lipinski definition) is 0. The van der Waals surface area contributed by atoms with Crippen LogP contribution in [0, 0.1) is 0 Å². The Labute approximate surface area is 91.0 Å². The highest BCUT2D eigenvalue weighted by molar-refractivity contribution is 5.49. The van der Waals surface area contributed by atoms with Gasteiger partial charge in [-0.2, -0.15) is 4.99 Å². The average molecular weight is 203 g/mol. The number of unbranched alkanes of at least 4 members (excludes halogenated alkanes) is 3. The van der Waals surface area contributed by atoms with E-state index >= 15 is 0 Å². The van der Waals surface area contributed by atoms with Crippen molar-refractivity contribution in [3.8, 4) is 0 Å². The Hall–Kier alpha value is -1.40. The van der Waals surface area contributed by atoms with Gasteiger partial charge in [0, 0.05) is 0 Å². The summed E-state index contributed by atoms with van der Waals surface area (Å²) < 4.78 is 0. The van der Waals surface area contributed by atoms with E-state index in [1.807, 2.05) is 24.3 Å². The van der Waals surface area contributed by atoms with Crippen LogP contribution in [-0.4, -0.2) is 6.08 Å². The second kappa shape index (κ2) is 6.97. The smallest absolute Gasteiger partial charge is 0.211 e. The molecule has 2 heteroatoms. The zero-order valence-electron chi connectivity index (χ0n) is 9.20. The predicted octanol–water partition coefficient (Wildman–Crippen LogP) is 3.78. The number of aliphatic imine (C=N–C) groups is 1. The third-order valence-electron chi connectivity index (χ3n) is 2.43. The number of rotatable bonds is 6. The van der Waals surface area contributed by atoms with Gasteiger partial charge in [0.2, 0.25) is 6.08 Å². The van der Waals surface area contributed by atoms with E-state index in [1.54, 1.807) is 0 Å². The minimum absolute atomic E-state index is 0.683. The number of benzene rings is 1. The molecule has 0 saturated carbocycles. The number of isocyanates is 1. The van der Waals surface area contributed by atoms with Gasteiger partial charge in [-0.15, -0.1) is 0 Å². The van der Waals surface area contributed by atoms with E-state index in [0.29, 0.717) is 5.69 Å². The standard InChI is InChI=1S/C13H17NO/c1-2-3-4-5-6-12-7-9-13(10-8-12)14-11-15/h7-10H,2-6H2,1H3. The highest BCUT2D eigenvalue weighted by atomic mass is 16.1. The normalized spacial score (nSPS) is 9.67. The van der Waals surface area contributed by atoms with E-state index in [2.05, 4.69) is 11.9 Å². The lowest BCUT2D eigenvalue weighted by Crippen LogP contribution is -1.84. The van der Waals surface area contributed by atoms with Crippen molar-refractivity contribution in [2.75, 3.05) is 0 Å². The van der Waals surface area contributed by atoms with Crippen molar-refractivity contribution >= 4 is 11.8 Å². The summed E-state index contributed by atoms with van der Waals surface area (Å²) in [4.78, 5) is 13.6. The van der Waals surface area contributed by atoms with Crippen LogP contribution >= 0.6 is 0 Å². The van der Waals surface area contributed by atoms with E-state index in [9.17, 15) is 4.79 Å². The van der Waals surface area contributed by atoms with Crippen molar-refractivity contribution < 1.29 is 4.79 Å². The fraction of sp³-hybridized carbons (Fsp3) is 0.462. The Morgan fingerprint density at radius 2 is 1.87 bits per heavy atom. The predicted molar refractivity (Wildman–Crippen MR) is 62.1 cm³/mol.